The Labute approximate surface area is 173 Å². The van der Waals surface area contributed by atoms with E-state index in [0.29, 0.717) is 61.9 Å². The Bertz CT molecular complexity index is 974. The second kappa shape index (κ2) is 10.3. The smallest absolute Gasteiger partial charge is 0.264 e. The Morgan fingerprint density at radius 2 is 1.97 bits per heavy atom. The molecule has 1 aliphatic rings. The number of hydrogen-bond acceptors (Lipinski definition) is 8. The molecule has 1 aromatic carbocycles. The van der Waals surface area contributed by atoms with E-state index in [2.05, 4.69) is 15.6 Å². The molecule has 2 amide bonds. The van der Waals surface area contributed by atoms with Gasteiger partial charge in [-0.3, -0.25) is 24.3 Å². The van der Waals surface area contributed by atoms with E-state index in [4.69, 9.17) is 15.2 Å². The van der Waals surface area contributed by atoms with Crippen LogP contribution in [-0.4, -0.2) is 60.9 Å². The predicted molar refractivity (Wildman–Crippen MR) is 111 cm³/mol. The number of rotatable bonds is 10. The molecule has 0 bridgehead atoms. The van der Waals surface area contributed by atoms with Gasteiger partial charge in [-0.05, 0) is 25.5 Å². The molecule has 4 N–H and O–H groups in total. The number of carbonyl (C=O) groups excluding carboxylic acids is 2. The van der Waals surface area contributed by atoms with Crippen LogP contribution >= 0.6 is 0 Å². The molecule has 1 atom stereocenters. The van der Waals surface area contributed by atoms with Crippen molar-refractivity contribution in [2.24, 2.45) is 5.73 Å². The molecule has 2 heterocycles. The van der Waals surface area contributed by atoms with Crippen LogP contribution in [0.4, 0.5) is 5.69 Å². The van der Waals surface area contributed by atoms with Crippen molar-refractivity contribution in [3.8, 4) is 0 Å². The van der Waals surface area contributed by atoms with E-state index in [9.17, 15) is 14.4 Å². The minimum absolute atomic E-state index is 0.187. The third-order valence-electron chi connectivity index (χ3n) is 4.82. The van der Waals surface area contributed by atoms with Crippen molar-refractivity contribution in [3.05, 3.63) is 34.4 Å². The largest absolute Gasteiger partial charge is 0.382 e. The molecule has 10 nitrogen and oxygen atoms in total. The number of nitrogens with one attached hydrogen (secondary N) is 2. The second-order valence-corrected chi connectivity index (χ2v) is 6.94. The van der Waals surface area contributed by atoms with Crippen molar-refractivity contribution in [3.63, 3.8) is 0 Å². The second-order valence-electron chi connectivity index (χ2n) is 6.94. The van der Waals surface area contributed by atoms with Crippen molar-refractivity contribution in [1.29, 1.82) is 0 Å². The highest BCUT2D eigenvalue weighted by Crippen LogP contribution is 2.23. The van der Waals surface area contributed by atoms with Gasteiger partial charge in [-0.25, -0.2) is 4.98 Å². The van der Waals surface area contributed by atoms with E-state index in [1.54, 1.807) is 19.1 Å². The Kier molecular flexibility index (Phi) is 7.50. The van der Waals surface area contributed by atoms with Gasteiger partial charge in [0.05, 0.1) is 37.3 Å². The highest BCUT2D eigenvalue weighted by Gasteiger charge is 2.30. The number of aromatic nitrogens is 2. The molecule has 0 aliphatic carbocycles. The molecule has 1 unspecified atom stereocenters. The lowest BCUT2D eigenvalue weighted by Crippen LogP contribution is -2.45. The summed E-state index contributed by atoms with van der Waals surface area (Å²) in [5.41, 5.74) is 6.20. The minimum Gasteiger partial charge on any atom is -0.382 e. The lowest BCUT2D eigenvalue weighted by molar-refractivity contribution is -0.135. The fourth-order valence-electron chi connectivity index (χ4n) is 3.46. The topological polar surface area (TPSA) is 138 Å². The van der Waals surface area contributed by atoms with E-state index >= 15 is 0 Å². The molecule has 0 spiro atoms. The zero-order chi connectivity index (χ0) is 21.5. The van der Waals surface area contributed by atoms with Gasteiger partial charge >= 0.3 is 0 Å². The Balaban J connectivity index is 1.76. The summed E-state index contributed by atoms with van der Waals surface area (Å²) in [4.78, 5) is 41.6. The summed E-state index contributed by atoms with van der Waals surface area (Å²) < 4.78 is 12.1. The van der Waals surface area contributed by atoms with E-state index in [0.717, 1.165) is 0 Å². The average molecular weight is 417 g/mol. The molecule has 10 heteroatoms. The number of fused-ring (bicyclic) bond motifs is 1. The Morgan fingerprint density at radius 1 is 1.20 bits per heavy atom. The molecular formula is C20H27N5O5. The highest BCUT2D eigenvalue weighted by molar-refractivity contribution is 5.99. The van der Waals surface area contributed by atoms with Crippen molar-refractivity contribution < 1.29 is 19.1 Å². The molecule has 0 saturated carbocycles. The standard InChI is InChI=1S/C20H27N5O5/c1-13-23-15-4-2-3-14(22-8-10-30-12-11-29-9-7-21)18(15)20(28)25(13)16-5-6-17(26)24-19(16)27/h2-4,16,22H,5-12,21H2,1H3,(H,24,26,27). The monoisotopic (exact) mass is 417 g/mol. The SMILES string of the molecule is Cc1nc2cccc(NCCOCCOCCN)c2c(=O)n1C1CCC(=O)NC1=O. The van der Waals surface area contributed by atoms with Crippen molar-refractivity contribution in [2.45, 2.75) is 25.8 Å². The number of aryl methyl sites for hydroxylation is 1. The highest BCUT2D eigenvalue weighted by atomic mass is 16.5. The van der Waals surface area contributed by atoms with E-state index in [-0.39, 0.29) is 24.3 Å². The minimum atomic E-state index is -0.753. The normalized spacial score (nSPS) is 16.7. The molecule has 2 aromatic rings. The molecule has 1 aromatic heterocycles. The van der Waals surface area contributed by atoms with Gasteiger partial charge in [-0.1, -0.05) is 6.07 Å². The van der Waals surface area contributed by atoms with Gasteiger partial charge in [-0.2, -0.15) is 0 Å². The van der Waals surface area contributed by atoms with Crippen LogP contribution in [0.3, 0.4) is 0 Å². The number of carbonyl (C=O) groups is 2. The van der Waals surface area contributed by atoms with Gasteiger partial charge in [0.1, 0.15) is 11.9 Å². The lowest BCUT2D eigenvalue weighted by Gasteiger charge is -2.24. The molecule has 162 valence electrons. The van der Waals surface area contributed by atoms with Gasteiger partial charge in [0.15, 0.2) is 0 Å². The van der Waals surface area contributed by atoms with Gasteiger partial charge in [0.2, 0.25) is 11.8 Å². The summed E-state index contributed by atoms with van der Waals surface area (Å²) in [7, 11) is 0. The van der Waals surface area contributed by atoms with Gasteiger partial charge in [0.25, 0.3) is 5.56 Å². The van der Waals surface area contributed by atoms with Gasteiger partial charge in [0, 0.05) is 25.2 Å². The first-order valence-corrected chi connectivity index (χ1v) is 9.98. The molecule has 3 rings (SSSR count). The number of nitrogens with two attached hydrogens (primary N) is 1. The predicted octanol–water partition coefficient (Wildman–Crippen LogP) is 0.0864. The number of anilines is 1. The van der Waals surface area contributed by atoms with Crippen LogP contribution in [0.5, 0.6) is 0 Å². The zero-order valence-corrected chi connectivity index (χ0v) is 17.0. The van der Waals surface area contributed by atoms with Crippen LogP contribution in [0.2, 0.25) is 0 Å². The summed E-state index contributed by atoms with van der Waals surface area (Å²) >= 11 is 0. The molecule has 1 aliphatic heterocycles. The molecule has 1 fully saturated rings. The number of amides is 2. The summed E-state index contributed by atoms with van der Waals surface area (Å²) in [6.07, 6.45) is 0.459. The first-order chi connectivity index (χ1) is 14.5. The summed E-state index contributed by atoms with van der Waals surface area (Å²) in [6, 6.07) is 4.61. The maximum atomic E-state index is 13.3. The summed E-state index contributed by atoms with van der Waals surface area (Å²) in [5, 5.41) is 5.90. The average Bonchev–Trinajstić information content (AvgIpc) is 2.71. The zero-order valence-electron chi connectivity index (χ0n) is 17.0. The van der Waals surface area contributed by atoms with Crippen molar-refractivity contribution >= 4 is 28.4 Å². The number of piperidine rings is 1. The first kappa shape index (κ1) is 21.9. The van der Waals surface area contributed by atoms with Crippen LogP contribution < -0.4 is 21.9 Å². The Morgan fingerprint density at radius 3 is 2.70 bits per heavy atom. The quantitative estimate of drug-likeness (QED) is 0.365. The molecule has 30 heavy (non-hydrogen) atoms. The Hall–Kier alpha value is -2.82. The number of nitrogens with zero attached hydrogens (tertiary/aromatic N) is 2. The van der Waals surface area contributed by atoms with Crippen molar-refractivity contribution in [2.75, 3.05) is 44.8 Å². The van der Waals surface area contributed by atoms with Crippen LogP contribution in [0, 0.1) is 6.92 Å². The molecular weight excluding hydrogens is 390 g/mol. The van der Waals surface area contributed by atoms with E-state index in [1.165, 1.54) is 4.57 Å². The fraction of sp³-hybridized carbons (Fsp3) is 0.500. The lowest BCUT2D eigenvalue weighted by atomic mass is 10.1. The van der Waals surface area contributed by atoms with Gasteiger partial charge in [-0.15, -0.1) is 0 Å². The van der Waals surface area contributed by atoms with Gasteiger partial charge < -0.3 is 20.5 Å². The number of benzene rings is 1. The van der Waals surface area contributed by atoms with Crippen LogP contribution in [0.1, 0.15) is 24.7 Å². The molecule has 1 saturated heterocycles. The van der Waals surface area contributed by atoms with E-state index < -0.39 is 11.9 Å². The van der Waals surface area contributed by atoms with E-state index in [1.807, 2.05) is 6.07 Å². The maximum absolute atomic E-state index is 13.3. The third-order valence-corrected chi connectivity index (χ3v) is 4.82. The van der Waals surface area contributed by atoms with Crippen LogP contribution in [0.15, 0.2) is 23.0 Å². The third kappa shape index (κ3) is 5.02. The molecule has 0 radical (unpaired) electrons. The number of hydrogen-bond donors (Lipinski definition) is 3. The maximum Gasteiger partial charge on any atom is 0.264 e. The summed E-state index contributed by atoms with van der Waals surface area (Å²) in [5.74, 6) is -0.375. The number of imide groups is 1. The fourth-order valence-corrected chi connectivity index (χ4v) is 3.46. The first-order valence-electron chi connectivity index (χ1n) is 9.98. The van der Waals surface area contributed by atoms with Crippen LogP contribution in [-0.2, 0) is 19.1 Å². The van der Waals surface area contributed by atoms with Crippen molar-refractivity contribution in [1.82, 2.24) is 14.9 Å². The summed E-state index contributed by atoms with van der Waals surface area (Å²) in [6.45, 7) is 4.53. The number of ether oxygens (including phenoxy) is 2. The van der Waals surface area contributed by atoms with Crippen LogP contribution in [0.25, 0.3) is 10.9 Å².